The van der Waals surface area contributed by atoms with Crippen molar-refractivity contribution in [2.24, 2.45) is 0 Å². The molecule has 1 amide bonds. The molecule has 1 aliphatic heterocycles. The molecule has 1 saturated carbocycles. The molecule has 0 spiro atoms. The van der Waals surface area contributed by atoms with Gasteiger partial charge in [-0.2, -0.15) is 5.26 Å². The van der Waals surface area contributed by atoms with Gasteiger partial charge in [0.2, 0.25) is 5.91 Å². The minimum Gasteiger partial charge on any atom is -0.356 e. The van der Waals surface area contributed by atoms with Crippen LogP contribution in [0.25, 0.3) is 0 Å². The number of allylic oxidation sites excluding steroid dienone is 1. The third kappa shape index (κ3) is 3.47. The van der Waals surface area contributed by atoms with Crippen LogP contribution in [0, 0.1) is 11.3 Å². The van der Waals surface area contributed by atoms with E-state index in [1.807, 2.05) is 36.6 Å². The fourth-order valence-corrected chi connectivity index (χ4v) is 3.55. The maximum Gasteiger partial charge on any atom is 0.228 e. The molecule has 24 heavy (non-hydrogen) atoms. The number of carbonyl (C=O) groups excluding carboxylic acids is 1. The van der Waals surface area contributed by atoms with E-state index in [0.29, 0.717) is 11.6 Å². The molecule has 0 saturated heterocycles. The summed E-state index contributed by atoms with van der Waals surface area (Å²) in [5.41, 5.74) is 1.21. The summed E-state index contributed by atoms with van der Waals surface area (Å²) in [4.78, 5) is 14.3. The molecule has 5 heteroatoms. The van der Waals surface area contributed by atoms with Crippen LogP contribution in [-0.2, 0) is 11.2 Å². The largest absolute Gasteiger partial charge is 0.356 e. The summed E-state index contributed by atoms with van der Waals surface area (Å²) < 4.78 is 0. The van der Waals surface area contributed by atoms with E-state index in [1.54, 1.807) is 6.07 Å². The molecule has 3 rings (SSSR count). The van der Waals surface area contributed by atoms with Crippen LogP contribution in [0.4, 0.5) is 0 Å². The van der Waals surface area contributed by atoms with Gasteiger partial charge in [-0.25, -0.2) is 0 Å². The lowest BCUT2D eigenvalue weighted by Gasteiger charge is -2.36. The zero-order valence-electron chi connectivity index (χ0n) is 13.5. The Hall–Kier alpha value is -2.25. The summed E-state index contributed by atoms with van der Waals surface area (Å²) in [6, 6.07) is 9.84. The maximum atomic E-state index is 12.2. The monoisotopic (exact) mass is 341 g/mol. The van der Waals surface area contributed by atoms with E-state index in [2.05, 4.69) is 16.3 Å². The van der Waals surface area contributed by atoms with Crippen molar-refractivity contribution < 1.29 is 4.79 Å². The first-order chi connectivity index (χ1) is 11.6. The summed E-state index contributed by atoms with van der Waals surface area (Å²) in [5.74, 6) is -0.0942. The molecule has 124 valence electrons. The molecule has 0 aromatic heterocycles. The van der Waals surface area contributed by atoms with Crippen LogP contribution in [0.5, 0.6) is 0 Å². The predicted molar refractivity (Wildman–Crippen MR) is 94.0 cm³/mol. The van der Waals surface area contributed by atoms with Gasteiger partial charge in [0.25, 0.3) is 0 Å². The Morgan fingerprint density at radius 3 is 2.71 bits per heavy atom. The fourth-order valence-electron chi connectivity index (χ4n) is 3.35. The van der Waals surface area contributed by atoms with E-state index in [1.165, 1.54) is 0 Å². The highest BCUT2D eigenvalue weighted by atomic mass is 35.5. The van der Waals surface area contributed by atoms with Crippen LogP contribution in [-0.4, -0.2) is 22.9 Å². The number of carbonyl (C=O) groups is 1. The predicted octanol–water partition coefficient (Wildman–Crippen LogP) is 3.55. The summed E-state index contributed by atoms with van der Waals surface area (Å²) in [6.45, 7) is 0.645. The summed E-state index contributed by atoms with van der Waals surface area (Å²) in [6.07, 6.45) is 10.0. The smallest absolute Gasteiger partial charge is 0.228 e. The van der Waals surface area contributed by atoms with Crippen LogP contribution >= 0.6 is 11.6 Å². The Morgan fingerprint density at radius 1 is 1.33 bits per heavy atom. The third-order valence-corrected chi connectivity index (χ3v) is 5.09. The standard InChI is InChI=1S/C19H20ClN3O/c20-17-6-2-1-5-15(17)13-18(24)22-16-7-11-23(12-8-16)19(14-21)9-3-4-10-19/h1-2,5-8,11H,3-4,9-10,12-13H2,(H,22,24). The van der Waals surface area contributed by atoms with Gasteiger partial charge in [-0.15, -0.1) is 0 Å². The van der Waals surface area contributed by atoms with E-state index < -0.39 is 0 Å². The zero-order valence-corrected chi connectivity index (χ0v) is 14.2. The van der Waals surface area contributed by atoms with Gasteiger partial charge in [-0.1, -0.05) is 29.8 Å². The zero-order chi connectivity index (χ0) is 17.0. The van der Waals surface area contributed by atoms with Crippen molar-refractivity contribution in [2.45, 2.75) is 37.6 Å². The van der Waals surface area contributed by atoms with Crippen molar-refractivity contribution >= 4 is 17.5 Å². The second kappa shape index (κ2) is 7.11. The number of nitrogens with zero attached hydrogens (tertiary/aromatic N) is 2. The molecule has 1 N–H and O–H groups in total. The van der Waals surface area contributed by atoms with Crippen LogP contribution < -0.4 is 5.32 Å². The molecule has 1 aromatic rings. The summed E-state index contributed by atoms with van der Waals surface area (Å²) >= 11 is 6.09. The second-order valence-electron chi connectivity index (χ2n) is 6.29. The third-order valence-electron chi connectivity index (χ3n) is 4.72. The molecule has 1 fully saturated rings. The lowest BCUT2D eigenvalue weighted by atomic mass is 9.96. The first-order valence-electron chi connectivity index (χ1n) is 8.23. The Labute approximate surface area is 147 Å². The molecule has 0 bridgehead atoms. The molecular formula is C19H20ClN3O. The van der Waals surface area contributed by atoms with Crippen molar-refractivity contribution in [1.82, 2.24) is 10.2 Å². The van der Waals surface area contributed by atoms with Gasteiger partial charge in [0, 0.05) is 23.5 Å². The van der Waals surface area contributed by atoms with Gasteiger partial charge in [-0.05, 0) is 49.5 Å². The average Bonchev–Trinajstić information content (AvgIpc) is 3.08. The highest BCUT2D eigenvalue weighted by Crippen LogP contribution is 2.35. The SMILES string of the molecule is N#CC1(N2C=CC(NC(=O)Cc3ccccc3Cl)=CC2)CCCC1. The summed E-state index contributed by atoms with van der Waals surface area (Å²) in [7, 11) is 0. The van der Waals surface area contributed by atoms with Gasteiger partial charge in [0.05, 0.1) is 12.5 Å². The number of nitriles is 1. The second-order valence-corrected chi connectivity index (χ2v) is 6.70. The molecule has 0 atom stereocenters. The van der Waals surface area contributed by atoms with E-state index in [4.69, 9.17) is 11.6 Å². The number of halogens is 1. The van der Waals surface area contributed by atoms with Gasteiger partial charge in [0.1, 0.15) is 5.54 Å². The van der Waals surface area contributed by atoms with Crippen LogP contribution in [0.2, 0.25) is 5.02 Å². The molecular weight excluding hydrogens is 322 g/mol. The van der Waals surface area contributed by atoms with Crippen LogP contribution in [0.15, 0.2) is 48.3 Å². The molecule has 0 radical (unpaired) electrons. The number of hydrogen-bond acceptors (Lipinski definition) is 3. The van der Waals surface area contributed by atoms with Crippen LogP contribution in [0.3, 0.4) is 0 Å². The van der Waals surface area contributed by atoms with E-state index in [9.17, 15) is 10.1 Å². The topological polar surface area (TPSA) is 56.1 Å². The first-order valence-corrected chi connectivity index (χ1v) is 8.60. The normalized spacial score (nSPS) is 18.8. The molecule has 1 heterocycles. The van der Waals surface area contributed by atoms with Gasteiger partial charge < -0.3 is 10.2 Å². The number of hydrogen-bond donors (Lipinski definition) is 1. The Morgan fingerprint density at radius 2 is 2.08 bits per heavy atom. The quantitative estimate of drug-likeness (QED) is 0.911. The lowest BCUT2D eigenvalue weighted by molar-refractivity contribution is -0.119. The van der Waals surface area contributed by atoms with Gasteiger partial charge >= 0.3 is 0 Å². The first kappa shape index (κ1) is 16.6. The van der Waals surface area contributed by atoms with Crippen molar-refractivity contribution in [2.75, 3.05) is 6.54 Å². The summed E-state index contributed by atoms with van der Waals surface area (Å²) in [5, 5.41) is 13.0. The Balaban J connectivity index is 1.58. The molecule has 2 aliphatic rings. The molecule has 0 unspecified atom stereocenters. The number of benzene rings is 1. The van der Waals surface area contributed by atoms with Crippen LogP contribution in [0.1, 0.15) is 31.2 Å². The Kier molecular flexibility index (Phi) is 4.92. The molecule has 1 aromatic carbocycles. The van der Waals surface area contributed by atoms with Gasteiger partial charge in [-0.3, -0.25) is 4.79 Å². The van der Waals surface area contributed by atoms with Crippen molar-refractivity contribution in [3.8, 4) is 6.07 Å². The number of nitrogens with one attached hydrogen (secondary N) is 1. The van der Waals surface area contributed by atoms with Crippen molar-refractivity contribution in [1.29, 1.82) is 5.26 Å². The van der Waals surface area contributed by atoms with Crippen molar-refractivity contribution in [3.63, 3.8) is 0 Å². The van der Waals surface area contributed by atoms with E-state index >= 15 is 0 Å². The lowest BCUT2D eigenvalue weighted by Crippen LogP contribution is -2.43. The van der Waals surface area contributed by atoms with Crippen molar-refractivity contribution in [3.05, 3.63) is 58.9 Å². The highest BCUT2D eigenvalue weighted by molar-refractivity contribution is 6.31. The number of amides is 1. The highest BCUT2D eigenvalue weighted by Gasteiger charge is 2.38. The minimum atomic E-state index is -0.375. The molecule has 4 nitrogen and oxygen atoms in total. The average molecular weight is 342 g/mol. The fraction of sp³-hybridized carbons (Fsp3) is 0.368. The number of rotatable bonds is 4. The minimum absolute atomic E-state index is 0.0942. The maximum absolute atomic E-state index is 12.2. The Bertz CT molecular complexity index is 726. The molecule has 1 aliphatic carbocycles. The van der Waals surface area contributed by atoms with E-state index in [-0.39, 0.29) is 17.9 Å². The van der Waals surface area contributed by atoms with E-state index in [0.717, 1.165) is 36.9 Å². The van der Waals surface area contributed by atoms with Gasteiger partial charge in [0.15, 0.2) is 0 Å².